The first kappa shape index (κ1) is 19.4. The molecule has 28 heavy (non-hydrogen) atoms. The number of rotatable bonds is 6. The predicted octanol–water partition coefficient (Wildman–Crippen LogP) is 2.73. The van der Waals surface area contributed by atoms with Gasteiger partial charge in [-0.05, 0) is 37.3 Å². The molecular formula is C19H16ClN3O5. The number of carbonyl (C=O) groups is 2. The zero-order chi connectivity index (χ0) is 20.1. The van der Waals surface area contributed by atoms with Gasteiger partial charge in [0, 0.05) is 16.3 Å². The highest BCUT2D eigenvalue weighted by Gasteiger charge is 2.20. The van der Waals surface area contributed by atoms with Crippen LogP contribution in [0.15, 0.2) is 63.8 Å². The molecule has 3 rings (SSSR count). The van der Waals surface area contributed by atoms with E-state index >= 15 is 0 Å². The van der Waals surface area contributed by atoms with Gasteiger partial charge in [-0.2, -0.15) is 4.68 Å². The number of anilines is 1. The highest BCUT2D eigenvalue weighted by atomic mass is 35.5. The number of benzene rings is 2. The molecule has 0 bridgehead atoms. The van der Waals surface area contributed by atoms with Gasteiger partial charge in [-0.1, -0.05) is 35.9 Å². The maximum absolute atomic E-state index is 12.1. The molecule has 0 spiro atoms. The Morgan fingerprint density at radius 1 is 1.21 bits per heavy atom. The van der Waals surface area contributed by atoms with Crippen molar-refractivity contribution in [1.82, 2.24) is 9.78 Å². The molecule has 1 atom stereocenters. The number of hydrogen-bond donors (Lipinski definition) is 1. The fourth-order valence-corrected chi connectivity index (χ4v) is 2.51. The Kier molecular flexibility index (Phi) is 5.90. The zero-order valence-electron chi connectivity index (χ0n) is 14.8. The monoisotopic (exact) mass is 401 g/mol. The van der Waals surface area contributed by atoms with Crippen molar-refractivity contribution in [3.05, 3.63) is 70.2 Å². The van der Waals surface area contributed by atoms with Crippen LogP contribution in [-0.4, -0.2) is 27.8 Å². The summed E-state index contributed by atoms with van der Waals surface area (Å²) >= 11 is 5.86. The fraction of sp³-hybridized carbons (Fsp3) is 0.158. The van der Waals surface area contributed by atoms with Crippen molar-refractivity contribution in [3.8, 4) is 11.5 Å². The topological polar surface area (TPSA) is 103 Å². The van der Waals surface area contributed by atoms with Gasteiger partial charge < -0.3 is 14.5 Å². The van der Waals surface area contributed by atoms with Gasteiger partial charge >= 0.3 is 11.7 Å². The number of nitrogens with zero attached hydrogens (tertiary/aromatic N) is 2. The van der Waals surface area contributed by atoms with Crippen molar-refractivity contribution in [2.45, 2.75) is 19.6 Å². The molecule has 1 heterocycles. The van der Waals surface area contributed by atoms with Crippen LogP contribution in [0.1, 0.15) is 6.92 Å². The first-order chi connectivity index (χ1) is 13.4. The number of ether oxygens (including phenoxy) is 1. The Balaban J connectivity index is 1.60. The third-order valence-electron chi connectivity index (χ3n) is 3.68. The second kappa shape index (κ2) is 8.53. The molecule has 8 nitrogen and oxygen atoms in total. The summed E-state index contributed by atoms with van der Waals surface area (Å²) in [5, 5.41) is 7.02. The molecule has 144 valence electrons. The first-order valence-corrected chi connectivity index (χ1v) is 8.69. The number of halogens is 1. The maximum Gasteiger partial charge on any atom is 0.437 e. The van der Waals surface area contributed by atoms with Crippen molar-refractivity contribution in [2.75, 3.05) is 5.32 Å². The fourth-order valence-electron chi connectivity index (χ4n) is 2.32. The maximum atomic E-state index is 12.1. The smallest absolute Gasteiger partial charge is 0.437 e. The summed E-state index contributed by atoms with van der Waals surface area (Å²) in [6.07, 6.45) is -1.08. The molecular weight excluding hydrogens is 386 g/mol. The number of hydrogen-bond acceptors (Lipinski definition) is 6. The largest absolute Gasteiger partial charge is 0.451 e. The Morgan fingerprint density at radius 2 is 1.96 bits per heavy atom. The number of amides is 1. The summed E-state index contributed by atoms with van der Waals surface area (Å²) in [6.45, 7) is 0.933. The molecule has 1 amide bonds. The second-order valence-electron chi connectivity index (χ2n) is 5.83. The van der Waals surface area contributed by atoms with E-state index in [1.807, 2.05) is 6.07 Å². The third kappa shape index (κ3) is 4.86. The minimum absolute atomic E-state index is 0.0881. The van der Waals surface area contributed by atoms with E-state index in [1.54, 1.807) is 48.5 Å². The Hall–Kier alpha value is -3.39. The van der Waals surface area contributed by atoms with Crippen molar-refractivity contribution >= 4 is 29.2 Å². The van der Waals surface area contributed by atoms with E-state index in [9.17, 15) is 14.4 Å². The molecule has 0 fully saturated rings. The number of nitrogens with one attached hydrogen (secondary N) is 1. The lowest BCUT2D eigenvalue weighted by atomic mass is 10.2. The van der Waals surface area contributed by atoms with E-state index in [0.717, 1.165) is 4.68 Å². The van der Waals surface area contributed by atoms with Crippen LogP contribution in [0.5, 0.6) is 0 Å². The van der Waals surface area contributed by atoms with Crippen molar-refractivity contribution in [3.63, 3.8) is 0 Å². The molecule has 9 heteroatoms. The van der Waals surface area contributed by atoms with E-state index in [0.29, 0.717) is 16.3 Å². The average Bonchev–Trinajstić information content (AvgIpc) is 3.02. The summed E-state index contributed by atoms with van der Waals surface area (Å²) < 4.78 is 10.9. The van der Waals surface area contributed by atoms with Gasteiger partial charge in [-0.25, -0.2) is 4.79 Å². The van der Waals surface area contributed by atoms with Crippen molar-refractivity contribution in [2.24, 2.45) is 0 Å². The minimum atomic E-state index is -1.08. The third-order valence-corrected chi connectivity index (χ3v) is 3.91. The standard InChI is InChI=1S/C19H16ClN3O5/c1-12(17(25)21-15-9-5-8-14(20)10-15)27-16(24)11-23-19(26)28-18(22-23)13-6-3-2-4-7-13/h2-10,12H,11H2,1H3,(H,21,25)/t12-/m0/s1. The van der Waals surface area contributed by atoms with Crippen LogP contribution < -0.4 is 11.1 Å². The molecule has 0 saturated carbocycles. The van der Waals surface area contributed by atoms with Crippen molar-refractivity contribution in [1.29, 1.82) is 0 Å². The summed E-state index contributed by atoms with van der Waals surface area (Å²) in [5.74, 6) is -2.05. The number of esters is 1. The normalized spacial score (nSPS) is 11.6. The summed E-state index contributed by atoms with van der Waals surface area (Å²) in [7, 11) is 0. The summed E-state index contributed by atoms with van der Waals surface area (Å²) in [5.41, 5.74) is 1.07. The van der Waals surface area contributed by atoms with Crippen LogP contribution in [0.25, 0.3) is 11.5 Å². The lowest BCUT2D eigenvalue weighted by Gasteiger charge is -2.13. The summed E-state index contributed by atoms with van der Waals surface area (Å²) in [4.78, 5) is 36.1. The zero-order valence-corrected chi connectivity index (χ0v) is 15.6. The highest BCUT2D eigenvalue weighted by Crippen LogP contribution is 2.16. The van der Waals surface area contributed by atoms with Gasteiger partial charge in [-0.15, -0.1) is 5.10 Å². The SMILES string of the molecule is C[C@H](OC(=O)Cn1nc(-c2ccccc2)oc1=O)C(=O)Nc1cccc(Cl)c1. The van der Waals surface area contributed by atoms with Crippen LogP contribution in [-0.2, 0) is 20.9 Å². The van der Waals surface area contributed by atoms with E-state index in [4.69, 9.17) is 20.8 Å². The van der Waals surface area contributed by atoms with Gasteiger partial charge in [0.2, 0.25) is 5.89 Å². The molecule has 2 aromatic carbocycles. The van der Waals surface area contributed by atoms with Crippen LogP contribution in [0.3, 0.4) is 0 Å². The molecule has 3 aromatic rings. The van der Waals surface area contributed by atoms with Crippen LogP contribution in [0.4, 0.5) is 5.69 Å². The Morgan fingerprint density at radius 3 is 2.68 bits per heavy atom. The van der Waals surface area contributed by atoms with E-state index in [2.05, 4.69) is 10.4 Å². The molecule has 0 aliphatic rings. The van der Waals surface area contributed by atoms with E-state index < -0.39 is 30.3 Å². The summed E-state index contributed by atoms with van der Waals surface area (Å²) in [6, 6.07) is 15.3. The van der Waals surface area contributed by atoms with Gasteiger partial charge in [0.1, 0.15) is 6.54 Å². The van der Waals surface area contributed by atoms with Gasteiger partial charge in [-0.3, -0.25) is 9.59 Å². The van der Waals surface area contributed by atoms with Crippen LogP contribution >= 0.6 is 11.6 Å². The Labute approximate surface area is 164 Å². The van der Waals surface area contributed by atoms with Gasteiger partial charge in [0.25, 0.3) is 5.91 Å². The number of aromatic nitrogens is 2. The quantitative estimate of drug-likeness (QED) is 0.637. The molecule has 0 aliphatic heterocycles. The highest BCUT2D eigenvalue weighted by molar-refractivity contribution is 6.30. The van der Waals surface area contributed by atoms with Crippen molar-refractivity contribution < 1.29 is 18.7 Å². The Bertz CT molecular complexity index is 1040. The second-order valence-corrected chi connectivity index (χ2v) is 6.26. The molecule has 0 unspecified atom stereocenters. The molecule has 0 saturated heterocycles. The van der Waals surface area contributed by atoms with Gasteiger partial charge in [0.05, 0.1) is 0 Å². The van der Waals surface area contributed by atoms with E-state index in [-0.39, 0.29) is 5.89 Å². The average molecular weight is 402 g/mol. The molecule has 1 N–H and O–H groups in total. The molecule has 0 radical (unpaired) electrons. The first-order valence-electron chi connectivity index (χ1n) is 8.31. The molecule has 1 aromatic heterocycles. The predicted molar refractivity (Wildman–Crippen MR) is 102 cm³/mol. The number of carbonyl (C=O) groups excluding carboxylic acids is 2. The minimum Gasteiger partial charge on any atom is -0.451 e. The van der Waals surface area contributed by atoms with Crippen LogP contribution in [0, 0.1) is 0 Å². The van der Waals surface area contributed by atoms with Crippen LogP contribution in [0.2, 0.25) is 5.02 Å². The lowest BCUT2D eigenvalue weighted by molar-refractivity contribution is -0.154. The lowest BCUT2D eigenvalue weighted by Crippen LogP contribution is -2.32. The van der Waals surface area contributed by atoms with Gasteiger partial charge in [0.15, 0.2) is 6.10 Å². The van der Waals surface area contributed by atoms with E-state index in [1.165, 1.54) is 6.92 Å². The molecule has 0 aliphatic carbocycles.